The Hall–Kier alpha value is -1.00. The van der Waals surface area contributed by atoms with Crippen molar-refractivity contribution in [2.75, 3.05) is 19.6 Å². The van der Waals surface area contributed by atoms with Gasteiger partial charge in [-0.2, -0.15) is 0 Å². The molecule has 1 fully saturated rings. The smallest absolute Gasteiger partial charge is 0.159 e. The summed E-state index contributed by atoms with van der Waals surface area (Å²) in [6.07, 6.45) is 3.47. The normalized spacial score (nSPS) is 21.3. The molecule has 0 bridgehead atoms. The standard InChI is InChI=1S/C15H22F2N2/c1-2-19-8-3-4-13(7-9-19)18-11-12-5-6-14(16)15(17)10-12/h5-6,10,13,18H,2-4,7-9,11H2,1H3. The minimum absolute atomic E-state index is 0.477. The average molecular weight is 268 g/mol. The molecule has 2 nitrogen and oxygen atoms in total. The first-order chi connectivity index (χ1) is 9.19. The third-order valence-electron chi connectivity index (χ3n) is 3.85. The van der Waals surface area contributed by atoms with Crippen LogP contribution in [0, 0.1) is 11.6 Å². The van der Waals surface area contributed by atoms with Crippen molar-refractivity contribution in [2.45, 2.75) is 38.8 Å². The summed E-state index contributed by atoms with van der Waals surface area (Å²) in [5.41, 5.74) is 0.801. The fourth-order valence-electron chi connectivity index (χ4n) is 2.59. The van der Waals surface area contributed by atoms with E-state index in [0.29, 0.717) is 12.6 Å². The molecule has 0 aromatic heterocycles. The van der Waals surface area contributed by atoms with E-state index in [-0.39, 0.29) is 0 Å². The lowest BCUT2D eigenvalue weighted by Crippen LogP contribution is -2.30. The van der Waals surface area contributed by atoms with E-state index in [9.17, 15) is 8.78 Å². The van der Waals surface area contributed by atoms with Crippen molar-refractivity contribution in [2.24, 2.45) is 0 Å². The highest BCUT2D eigenvalue weighted by Crippen LogP contribution is 2.13. The lowest BCUT2D eigenvalue weighted by Gasteiger charge is -2.18. The van der Waals surface area contributed by atoms with Gasteiger partial charge >= 0.3 is 0 Å². The molecule has 19 heavy (non-hydrogen) atoms. The first-order valence-electron chi connectivity index (χ1n) is 7.08. The van der Waals surface area contributed by atoms with Crippen LogP contribution in [-0.4, -0.2) is 30.6 Å². The molecular formula is C15H22F2N2. The summed E-state index contributed by atoms with van der Waals surface area (Å²) in [6, 6.07) is 4.58. The zero-order valence-electron chi connectivity index (χ0n) is 11.5. The number of hydrogen-bond donors (Lipinski definition) is 1. The third-order valence-corrected chi connectivity index (χ3v) is 3.85. The second-order valence-electron chi connectivity index (χ2n) is 5.19. The van der Waals surface area contributed by atoms with Crippen molar-refractivity contribution in [3.05, 3.63) is 35.4 Å². The average Bonchev–Trinajstić information content (AvgIpc) is 2.65. The topological polar surface area (TPSA) is 15.3 Å². The maximum absolute atomic E-state index is 13.1. The van der Waals surface area contributed by atoms with Crippen molar-refractivity contribution in [3.8, 4) is 0 Å². The van der Waals surface area contributed by atoms with Crippen LogP contribution in [0.1, 0.15) is 31.7 Å². The monoisotopic (exact) mass is 268 g/mol. The van der Waals surface area contributed by atoms with Crippen molar-refractivity contribution < 1.29 is 8.78 Å². The molecule has 1 N–H and O–H groups in total. The first kappa shape index (κ1) is 14.4. The van der Waals surface area contributed by atoms with Gasteiger partial charge in [0.25, 0.3) is 0 Å². The SMILES string of the molecule is CCN1CCCC(NCc2ccc(F)c(F)c2)CC1. The third kappa shape index (κ3) is 4.25. The lowest BCUT2D eigenvalue weighted by molar-refractivity contribution is 0.297. The van der Waals surface area contributed by atoms with Crippen molar-refractivity contribution in [1.29, 1.82) is 0 Å². The van der Waals surface area contributed by atoms with Gasteiger partial charge in [-0.15, -0.1) is 0 Å². The lowest BCUT2D eigenvalue weighted by atomic mass is 10.1. The molecule has 4 heteroatoms. The van der Waals surface area contributed by atoms with Crippen molar-refractivity contribution >= 4 is 0 Å². The summed E-state index contributed by atoms with van der Waals surface area (Å²) in [5.74, 6) is -1.55. The Morgan fingerprint density at radius 2 is 2.05 bits per heavy atom. The molecule has 1 heterocycles. The number of nitrogens with zero attached hydrogens (tertiary/aromatic N) is 1. The fourth-order valence-corrected chi connectivity index (χ4v) is 2.59. The predicted octanol–water partition coefficient (Wildman–Crippen LogP) is 2.93. The summed E-state index contributed by atoms with van der Waals surface area (Å²) >= 11 is 0. The summed E-state index contributed by atoms with van der Waals surface area (Å²) in [6.45, 7) is 6.19. The second kappa shape index (κ2) is 6.96. The number of likely N-dealkylation sites (tertiary alicyclic amines) is 1. The zero-order chi connectivity index (χ0) is 13.7. The van der Waals surface area contributed by atoms with E-state index in [0.717, 1.165) is 31.5 Å². The van der Waals surface area contributed by atoms with Crippen LogP contribution in [0.5, 0.6) is 0 Å². The number of benzene rings is 1. The van der Waals surface area contributed by atoms with Crippen LogP contribution in [0.3, 0.4) is 0 Å². The van der Waals surface area contributed by atoms with Crippen LogP contribution in [0.25, 0.3) is 0 Å². The first-order valence-corrected chi connectivity index (χ1v) is 7.08. The minimum atomic E-state index is -0.781. The Morgan fingerprint density at radius 1 is 1.21 bits per heavy atom. The Kier molecular flexibility index (Phi) is 5.28. The van der Waals surface area contributed by atoms with Gasteiger partial charge in [0.1, 0.15) is 0 Å². The molecule has 0 radical (unpaired) electrons. The molecule has 2 rings (SSSR count). The predicted molar refractivity (Wildman–Crippen MR) is 73.0 cm³/mol. The van der Waals surface area contributed by atoms with Gasteiger partial charge < -0.3 is 10.2 Å². The van der Waals surface area contributed by atoms with Crippen LogP contribution in [0.2, 0.25) is 0 Å². The Balaban J connectivity index is 1.83. The van der Waals surface area contributed by atoms with Gasteiger partial charge in [-0.3, -0.25) is 0 Å². The molecule has 0 aliphatic carbocycles. The van der Waals surface area contributed by atoms with Gasteiger partial charge in [0.15, 0.2) is 11.6 Å². The van der Waals surface area contributed by atoms with Crippen LogP contribution >= 0.6 is 0 Å². The molecule has 1 atom stereocenters. The highest BCUT2D eigenvalue weighted by atomic mass is 19.2. The molecule has 1 aliphatic heterocycles. The van der Waals surface area contributed by atoms with E-state index in [2.05, 4.69) is 17.1 Å². The minimum Gasteiger partial charge on any atom is -0.310 e. The van der Waals surface area contributed by atoms with Gasteiger partial charge in [-0.1, -0.05) is 13.0 Å². The van der Waals surface area contributed by atoms with Crippen LogP contribution < -0.4 is 5.32 Å². The molecule has 0 saturated carbocycles. The molecule has 1 aromatic carbocycles. The van der Waals surface area contributed by atoms with Crippen LogP contribution in [0.4, 0.5) is 8.78 Å². The number of nitrogens with one attached hydrogen (secondary N) is 1. The highest BCUT2D eigenvalue weighted by Gasteiger charge is 2.15. The Labute approximate surface area is 113 Å². The molecule has 1 unspecified atom stereocenters. The number of rotatable bonds is 4. The van der Waals surface area contributed by atoms with Gasteiger partial charge in [-0.05, 0) is 56.6 Å². The van der Waals surface area contributed by atoms with Crippen LogP contribution in [0.15, 0.2) is 18.2 Å². The van der Waals surface area contributed by atoms with Gasteiger partial charge in [-0.25, -0.2) is 8.78 Å². The van der Waals surface area contributed by atoms with Crippen LogP contribution in [-0.2, 0) is 6.54 Å². The largest absolute Gasteiger partial charge is 0.310 e. The molecular weight excluding hydrogens is 246 g/mol. The summed E-state index contributed by atoms with van der Waals surface area (Å²) in [4.78, 5) is 2.46. The van der Waals surface area contributed by atoms with E-state index in [4.69, 9.17) is 0 Å². The van der Waals surface area contributed by atoms with Gasteiger partial charge in [0, 0.05) is 12.6 Å². The Morgan fingerprint density at radius 3 is 2.79 bits per heavy atom. The summed E-state index contributed by atoms with van der Waals surface area (Å²) < 4.78 is 25.9. The van der Waals surface area contributed by atoms with E-state index in [1.165, 1.54) is 25.1 Å². The maximum Gasteiger partial charge on any atom is 0.159 e. The maximum atomic E-state index is 13.1. The molecule has 0 spiro atoms. The number of hydrogen-bond acceptors (Lipinski definition) is 2. The number of halogens is 2. The molecule has 1 saturated heterocycles. The highest BCUT2D eigenvalue weighted by molar-refractivity contribution is 5.17. The Bertz CT molecular complexity index is 409. The molecule has 0 amide bonds. The van der Waals surface area contributed by atoms with E-state index in [1.807, 2.05) is 0 Å². The second-order valence-corrected chi connectivity index (χ2v) is 5.19. The fraction of sp³-hybridized carbons (Fsp3) is 0.600. The van der Waals surface area contributed by atoms with Crippen molar-refractivity contribution in [3.63, 3.8) is 0 Å². The summed E-state index contributed by atoms with van der Waals surface area (Å²) in [5, 5.41) is 3.45. The van der Waals surface area contributed by atoms with E-state index in [1.54, 1.807) is 6.07 Å². The molecule has 1 aromatic rings. The zero-order valence-corrected chi connectivity index (χ0v) is 11.5. The molecule has 106 valence electrons. The summed E-state index contributed by atoms with van der Waals surface area (Å²) in [7, 11) is 0. The molecule has 1 aliphatic rings. The quantitative estimate of drug-likeness (QED) is 0.903. The van der Waals surface area contributed by atoms with Gasteiger partial charge in [0.2, 0.25) is 0 Å². The van der Waals surface area contributed by atoms with Gasteiger partial charge in [0.05, 0.1) is 0 Å². The van der Waals surface area contributed by atoms with Crippen molar-refractivity contribution in [1.82, 2.24) is 10.2 Å². The van der Waals surface area contributed by atoms with E-state index >= 15 is 0 Å². The van der Waals surface area contributed by atoms with E-state index < -0.39 is 11.6 Å².